The number of benzene rings is 1. The molecule has 0 aliphatic heterocycles. The first-order valence-corrected chi connectivity index (χ1v) is 6.94. The number of hydrogen-bond acceptors (Lipinski definition) is 1. The maximum atomic E-state index is 13.8. The van der Waals surface area contributed by atoms with E-state index in [1.54, 1.807) is 0 Å². The van der Waals surface area contributed by atoms with Crippen LogP contribution in [0.4, 0.5) is 57.1 Å². The summed E-state index contributed by atoms with van der Waals surface area (Å²) >= 11 is 5.27. The minimum atomic E-state index is -8.02. The third-order valence-electron chi connectivity index (χ3n) is 3.50. The van der Waals surface area contributed by atoms with E-state index in [0.717, 1.165) is 12.1 Å². The highest BCUT2D eigenvalue weighted by Gasteiger charge is 2.91. The van der Waals surface area contributed by atoms with E-state index in [-0.39, 0.29) is 0 Å². The minimum Gasteiger partial charge on any atom is -0.382 e. The number of aliphatic hydroxyl groups is 1. The van der Waals surface area contributed by atoms with Crippen molar-refractivity contribution in [2.24, 2.45) is 0 Å². The topological polar surface area (TPSA) is 20.2 Å². The summed E-state index contributed by atoms with van der Waals surface area (Å²) in [6.07, 6.45) is -11.6. The predicted octanol–water partition coefficient (Wildman–Crippen LogP) is 6.11. The summed E-state index contributed by atoms with van der Waals surface area (Å²) in [6.45, 7) is 0. The Labute approximate surface area is 151 Å². The Balaban J connectivity index is 3.55. The van der Waals surface area contributed by atoms with Crippen molar-refractivity contribution in [3.05, 3.63) is 34.9 Å². The molecule has 0 heterocycles. The van der Waals surface area contributed by atoms with Gasteiger partial charge in [0.25, 0.3) is 0 Å². The van der Waals surface area contributed by atoms with Crippen molar-refractivity contribution in [2.75, 3.05) is 0 Å². The van der Waals surface area contributed by atoms with E-state index < -0.39 is 52.5 Å². The van der Waals surface area contributed by atoms with Crippen LogP contribution in [0.25, 0.3) is 0 Å². The minimum absolute atomic E-state index is 0.373. The molecule has 162 valence electrons. The van der Waals surface area contributed by atoms with E-state index in [2.05, 4.69) is 0 Å². The van der Waals surface area contributed by atoms with Crippen LogP contribution in [-0.2, 0) is 0 Å². The Morgan fingerprint density at radius 1 is 0.643 bits per heavy atom. The third kappa shape index (κ3) is 3.27. The van der Waals surface area contributed by atoms with Gasteiger partial charge in [-0.25, -0.2) is 0 Å². The molecule has 0 saturated heterocycles. The molecule has 0 aliphatic rings. The van der Waals surface area contributed by atoms with Gasteiger partial charge in [0.05, 0.1) is 0 Å². The first-order valence-electron chi connectivity index (χ1n) is 6.56. The predicted molar refractivity (Wildman–Crippen MR) is 67.2 cm³/mol. The van der Waals surface area contributed by atoms with Crippen LogP contribution in [0.1, 0.15) is 11.7 Å². The molecule has 0 radical (unpaired) electrons. The zero-order valence-corrected chi connectivity index (χ0v) is 13.4. The van der Waals surface area contributed by atoms with Gasteiger partial charge in [-0.2, -0.15) is 57.1 Å². The van der Waals surface area contributed by atoms with Crippen LogP contribution in [0.5, 0.6) is 0 Å². The van der Waals surface area contributed by atoms with Crippen LogP contribution < -0.4 is 0 Å². The number of alkyl halides is 13. The van der Waals surface area contributed by atoms with Crippen LogP contribution in [0, 0.1) is 0 Å². The first-order chi connectivity index (χ1) is 12.2. The van der Waals surface area contributed by atoms with Crippen molar-refractivity contribution in [3.8, 4) is 0 Å². The molecule has 1 unspecified atom stereocenters. The molecule has 1 atom stereocenters. The monoisotopic (exact) mass is 460 g/mol. The van der Waals surface area contributed by atoms with Crippen LogP contribution in [0.15, 0.2) is 24.3 Å². The molecule has 1 aromatic rings. The van der Waals surface area contributed by atoms with Gasteiger partial charge >= 0.3 is 35.8 Å². The lowest BCUT2D eigenvalue weighted by molar-refractivity contribution is -0.444. The van der Waals surface area contributed by atoms with Crippen LogP contribution in [0.3, 0.4) is 0 Å². The molecule has 0 aliphatic carbocycles. The molecule has 0 aromatic heterocycles. The highest BCUT2D eigenvalue weighted by Crippen LogP contribution is 2.62. The lowest BCUT2D eigenvalue weighted by atomic mass is 9.89. The molecule has 0 spiro atoms. The highest BCUT2D eigenvalue weighted by molar-refractivity contribution is 6.31. The van der Waals surface area contributed by atoms with Crippen molar-refractivity contribution < 1.29 is 62.2 Å². The second-order valence-corrected chi connectivity index (χ2v) is 5.75. The quantitative estimate of drug-likeness (QED) is 0.508. The van der Waals surface area contributed by atoms with Gasteiger partial charge in [-0.15, -0.1) is 0 Å². The van der Waals surface area contributed by atoms with Crippen LogP contribution in [-0.4, -0.2) is 40.9 Å². The Bertz CT molecular complexity index is 713. The molecule has 1 rings (SSSR count). The fraction of sp³-hybridized carbons (Fsp3) is 0.538. The van der Waals surface area contributed by atoms with Crippen molar-refractivity contribution >= 4 is 11.6 Å². The number of rotatable bonds is 6. The van der Waals surface area contributed by atoms with E-state index in [1.807, 2.05) is 0 Å². The molecule has 1 nitrogen and oxygen atoms in total. The van der Waals surface area contributed by atoms with Crippen molar-refractivity contribution in [2.45, 2.75) is 41.9 Å². The van der Waals surface area contributed by atoms with Crippen molar-refractivity contribution in [1.82, 2.24) is 0 Å². The third-order valence-corrected chi connectivity index (χ3v) is 3.85. The molecule has 0 bridgehead atoms. The molecule has 0 saturated carbocycles. The average molecular weight is 461 g/mol. The molecular weight excluding hydrogens is 455 g/mol. The molecule has 0 amide bonds. The lowest BCUT2D eigenvalue weighted by Crippen LogP contribution is -2.70. The van der Waals surface area contributed by atoms with Crippen molar-refractivity contribution in [1.29, 1.82) is 0 Å². The largest absolute Gasteiger partial charge is 0.460 e. The van der Waals surface area contributed by atoms with Crippen LogP contribution in [0.2, 0.25) is 5.02 Å². The summed E-state index contributed by atoms with van der Waals surface area (Å²) in [6, 6.07) is 2.81. The Morgan fingerprint density at radius 2 is 1.04 bits per heavy atom. The summed E-state index contributed by atoms with van der Waals surface area (Å²) in [5.74, 6) is -38.1. The van der Waals surface area contributed by atoms with Crippen molar-refractivity contribution in [3.63, 3.8) is 0 Å². The molecule has 28 heavy (non-hydrogen) atoms. The van der Waals surface area contributed by atoms with Gasteiger partial charge < -0.3 is 5.11 Å². The molecule has 0 fully saturated rings. The second kappa shape index (κ2) is 6.82. The summed E-state index contributed by atoms with van der Waals surface area (Å²) in [7, 11) is 0. The smallest absolute Gasteiger partial charge is 0.382 e. The Hall–Kier alpha value is -1.44. The van der Waals surface area contributed by atoms with E-state index in [9.17, 15) is 62.2 Å². The zero-order valence-electron chi connectivity index (χ0n) is 12.6. The number of halogens is 14. The number of aliphatic hydroxyl groups excluding tert-OH is 1. The second-order valence-electron chi connectivity index (χ2n) is 5.34. The SMILES string of the molecule is OC(c1ccccc1Cl)C(F)(F)C(F)(F)C(F)(F)C(F)(F)C(F)(F)C(F)(F)F. The lowest BCUT2D eigenvalue weighted by Gasteiger charge is -2.40. The van der Waals surface area contributed by atoms with E-state index in [0.29, 0.717) is 12.1 Å². The number of hydrogen-bond donors (Lipinski definition) is 1. The first kappa shape index (κ1) is 24.6. The van der Waals surface area contributed by atoms with E-state index in [1.165, 1.54) is 0 Å². The zero-order chi connectivity index (χ0) is 22.6. The van der Waals surface area contributed by atoms with Gasteiger partial charge in [0.15, 0.2) is 6.10 Å². The average Bonchev–Trinajstić information content (AvgIpc) is 2.52. The van der Waals surface area contributed by atoms with E-state index >= 15 is 0 Å². The van der Waals surface area contributed by atoms with Gasteiger partial charge in [0, 0.05) is 10.6 Å². The molecule has 1 N–H and O–H groups in total. The fourth-order valence-electron chi connectivity index (χ4n) is 1.85. The fourth-order valence-corrected chi connectivity index (χ4v) is 2.08. The standard InChI is InChI=1S/C13H6ClF13O/c14-6-4-2-1-3-5(6)7(28)8(15,16)9(17,18)10(19,20)11(21,22)12(23,24)13(25,26)27/h1-4,7,28H. The molecule has 1 aromatic carbocycles. The maximum Gasteiger partial charge on any atom is 0.460 e. The summed E-state index contributed by atoms with van der Waals surface area (Å²) in [5.41, 5.74) is -1.41. The highest BCUT2D eigenvalue weighted by atomic mass is 35.5. The van der Waals surface area contributed by atoms with E-state index in [4.69, 9.17) is 11.6 Å². The Kier molecular flexibility index (Phi) is 5.99. The van der Waals surface area contributed by atoms with Gasteiger partial charge in [-0.1, -0.05) is 29.8 Å². The van der Waals surface area contributed by atoms with Gasteiger partial charge in [0.2, 0.25) is 0 Å². The Morgan fingerprint density at radius 3 is 1.43 bits per heavy atom. The van der Waals surface area contributed by atoms with Gasteiger partial charge in [-0.3, -0.25) is 0 Å². The maximum absolute atomic E-state index is 13.8. The van der Waals surface area contributed by atoms with Gasteiger partial charge in [0.1, 0.15) is 0 Å². The molecule has 15 heteroatoms. The van der Waals surface area contributed by atoms with Crippen LogP contribution >= 0.6 is 11.6 Å². The van der Waals surface area contributed by atoms with Gasteiger partial charge in [-0.05, 0) is 6.07 Å². The summed E-state index contributed by atoms with van der Waals surface area (Å²) in [4.78, 5) is 0. The normalized spacial score (nSPS) is 16.2. The molecular formula is C13H6ClF13O. The summed E-state index contributed by atoms with van der Waals surface area (Å²) < 4.78 is 169. The summed E-state index contributed by atoms with van der Waals surface area (Å²) in [5, 5.41) is 8.31.